The summed E-state index contributed by atoms with van der Waals surface area (Å²) in [4.78, 5) is 23.8. The van der Waals surface area contributed by atoms with Gasteiger partial charge in [-0.05, 0) is 51.3 Å². The number of carboxylic acids is 1. The number of nitrogens with one attached hydrogen (secondary N) is 1. The standard InChI is InChI=1S/C19H22ClN3O3/c1-10-4-7-14(8-16(10)20)23-17(13-5-6-13)15(9-21-23)18(24)22-12(3)11(2)19(25)26/h4,7-9,11-13H,5-6H2,1-3H3,(H,22,24)(H,25,26). The number of nitrogens with zero attached hydrogens (tertiary/aromatic N) is 2. The Bertz CT molecular complexity index is 858. The van der Waals surface area contributed by atoms with Gasteiger partial charge in [-0.3, -0.25) is 9.59 Å². The summed E-state index contributed by atoms with van der Waals surface area (Å²) in [6.45, 7) is 5.20. The Morgan fingerprint density at radius 1 is 1.35 bits per heavy atom. The van der Waals surface area contributed by atoms with Gasteiger partial charge in [0.05, 0.1) is 29.1 Å². The van der Waals surface area contributed by atoms with Crippen LogP contribution < -0.4 is 5.32 Å². The number of hydrogen-bond donors (Lipinski definition) is 2. The van der Waals surface area contributed by atoms with Crippen molar-refractivity contribution >= 4 is 23.5 Å². The first-order valence-corrected chi connectivity index (χ1v) is 9.05. The Balaban J connectivity index is 1.91. The summed E-state index contributed by atoms with van der Waals surface area (Å²) in [6.07, 6.45) is 3.56. The first-order valence-electron chi connectivity index (χ1n) is 8.67. The molecule has 3 rings (SSSR count). The molecule has 2 atom stereocenters. The van der Waals surface area contributed by atoms with E-state index in [0.29, 0.717) is 10.6 Å². The Hall–Kier alpha value is -2.34. The van der Waals surface area contributed by atoms with Gasteiger partial charge in [-0.1, -0.05) is 17.7 Å². The van der Waals surface area contributed by atoms with Crippen LogP contribution in [-0.2, 0) is 4.79 Å². The van der Waals surface area contributed by atoms with E-state index in [1.165, 1.54) is 0 Å². The third kappa shape index (κ3) is 3.60. The lowest BCUT2D eigenvalue weighted by Gasteiger charge is -2.18. The Kier molecular flexibility index (Phi) is 5.05. The molecular weight excluding hydrogens is 354 g/mol. The number of aliphatic carboxylic acids is 1. The van der Waals surface area contributed by atoms with Gasteiger partial charge in [-0.2, -0.15) is 5.10 Å². The molecule has 0 radical (unpaired) electrons. The van der Waals surface area contributed by atoms with Crippen LogP contribution in [0.4, 0.5) is 0 Å². The minimum absolute atomic E-state index is 0.283. The van der Waals surface area contributed by atoms with Gasteiger partial charge in [0, 0.05) is 17.0 Å². The molecule has 6 nitrogen and oxygen atoms in total. The van der Waals surface area contributed by atoms with Crippen molar-refractivity contribution < 1.29 is 14.7 Å². The number of aryl methyl sites for hydroxylation is 1. The molecule has 7 heteroatoms. The number of amides is 1. The van der Waals surface area contributed by atoms with Gasteiger partial charge in [-0.25, -0.2) is 4.68 Å². The van der Waals surface area contributed by atoms with Crippen molar-refractivity contribution in [3.05, 3.63) is 46.2 Å². The van der Waals surface area contributed by atoms with Crippen molar-refractivity contribution in [3.8, 4) is 5.69 Å². The van der Waals surface area contributed by atoms with Crippen LogP contribution in [0.15, 0.2) is 24.4 Å². The van der Waals surface area contributed by atoms with Crippen molar-refractivity contribution in [1.29, 1.82) is 0 Å². The fourth-order valence-corrected chi connectivity index (χ4v) is 3.00. The van der Waals surface area contributed by atoms with Gasteiger partial charge in [0.25, 0.3) is 5.91 Å². The topological polar surface area (TPSA) is 84.2 Å². The van der Waals surface area contributed by atoms with E-state index >= 15 is 0 Å². The highest BCUT2D eigenvalue weighted by Gasteiger charge is 2.33. The van der Waals surface area contributed by atoms with Gasteiger partial charge in [-0.15, -0.1) is 0 Å². The fraction of sp³-hybridized carbons (Fsp3) is 0.421. The van der Waals surface area contributed by atoms with Crippen molar-refractivity contribution in [2.75, 3.05) is 0 Å². The second-order valence-electron chi connectivity index (χ2n) is 6.95. The molecule has 0 bridgehead atoms. The highest BCUT2D eigenvalue weighted by atomic mass is 35.5. The maximum atomic E-state index is 12.7. The lowest BCUT2D eigenvalue weighted by atomic mass is 10.0. The normalized spacial score (nSPS) is 16.2. The molecule has 138 valence electrons. The number of rotatable bonds is 6. The number of carbonyl (C=O) groups excluding carboxylic acids is 1. The molecule has 1 saturated carbocycles. The van der Waals surface area contributed by atoms with Gasteiger partial charge >= 0.3 is 5.97 Å². The zero-order chi connectivity index (χ0) is 19.0. The average Bonchev–Trinajstić information content (AvgIpc) is 3.34. The summed E-state index contributed by atoms with van der Waals surface area (Å²) < 4.78 is 1.77. The monoisotopic (exact) mass is 375 g/mol. The van der Waals surface area contributed by atoms with Gasteiger partial charge in [0.15, 0.2) is 0 Å². The van der Waals surface area contributed by atoms with E-state index in [1.54, 1.807) is 24.7 Å². The lowest BCUT2D eigenvalue weighted by Crippen LogP contribution is -2.40. The number of benzene rings is 1. The highest BCUT2D eigenvalue weighted by molar-refractivity contribution is 6.31. The third-order valence-electron chi connectivity index (χ3n) is 4.91. The molecule has 1 aliphatic rings. The van der Waals surface area contributed by atoms with E-state index < -0.39 is 17.9 Å². The molecule has 0 saturated heterocycles. The van der Waals surface area contributed by atoms with E-state index in [9.17, 15) is 9.59 Å². The molecule has 2 unspecified atom stereocenters. The first-order chi connectivity index (χ1) is 12.3. The van der Waals surface area contributed by atoms with Crippen LogP contribution in [0.1, 0.15) is 54.2 Å². The van der Waals surface area contributed by atoms with Crippen molar-refractivity contribution in [2.45, 2.75) is 45.6 Å². The second-order valence-corrected chi connectivity index (χ2v) is 7.36. The van der Waals surface area contributed by atoms with E-state index in [1.807, 2.05) is 25.1 Å². The Morgan fingerprint density at radius 3 is 2.62 bits per heavy atom. The predicted octanol–water partition coefficient (Wildman–Crippen LogP) is 3.55. The van der Waals surface area contributed by atoms with Crippen LogP contribution in [-0.4, -0.2) is 32.8 Å². The molecule has 1 amide bonds. The van der Waals surface area contributed by atoms with Crippen LogP contribution in [0.2, 0.25) is 5.02 Å². The Labute approximate surface area is 157 Å². The number of aromatic nitrogens is 2. The van der Waals surface area contributed by atoms with E-state index in [-0.39, 0.29) is 11.8 Å². The molecule has 2 N–H and O–H groups in total. The molecule has 0 aliphatic heterocycles. The molecule has 0 spiro atoms. The number of halogens is 1. The summed E-state index contributed by atoms with van der Waals surface area (Å²) in [6, 6.07) is 5.21. The number of hydrogen-bond acceptors (Lipinski definition) is 3. The maximum absolute atomic E-state index is 12.7. The summed E-state index contributed by atoms with van der Waals surface area (Å²) >= 11 is 6.24. The summed E-state index contributed by atoms with van der Waals surface area (Å²) in [5.74, 6) is -1.62. The number of carboxylic acid groups (broad SMARTS) is 1. The number of carbonyl (C=O) groups is 2. The van der Waals surface area contributed by atoms with Gasteiger partial charge in [0.2, 0.25) is 0 Å². The SMILES string of the molecule is Cc1ccc(-n2ncc(C(=O)NC(C)C(C)C(=O)O)c2C2CC2)cc1Cl. The van der Waals surface area contributed by atoms with Gasteiger partial charge in [0.1, 0.15) is 0 Å². The van der Waals surface area contributed by atoms with Gasteiger partial charge < -0.3 is 10.4 Å². The van der Waals surface area contributed by atoms with Crippen LogP contribution in [0.5, 0.6) is 0 Å². The quantitative estimate of drug-likeness (QED) is 0.808. The smallest absolute Gasteiger partial charge is 0.308 e. The van der Waals surface area contributed by atoms with Crippen molar-refractivity contribution in [2.24, 2.45) is 5.92 Å². The zero-order valence-corrected chi connectivity index (χ0v) is 15.7. The first kappa shape index (κ1) is 18.5. The maximum Gasteiger partial charge on any atom is 0.308 e. The van der Waals surface area contributed by atoms with Crippen LogP contribution >= 0.6 is 11.6 Å². The lowest BCUT2D eigenvalue weighted by molar-refractivity contribution is -0.141. The molecule has 26 heavy (non-hydrogen) atoms. The largest absolute Gasteiger partial charge is 0.481 e. The average molecular weight is 376 g/mol. The predicted molar refractivity (Wildman–Crippen MR) is 99.0 cm³/mol. The summed E-state index contributed by atoms with van der Waals surface area (Å²) in [5.41, 5.74) is 3.14. The minimum Gasteiger partial charge on any atom is -0.481 e. The van der Waals surface area contributed by atoms with Crippen LogP contribution in [0, 0.1) is 12.8 Å². The van der Waals surface area contributed by atoms with E-state index in [2.05, 4.69) is 10.4 Å². The van der Waals surface area contributed by atoms with E-state index in [0.717, 1.165) is 29.8 Å². The third-order valence-corrected chi connectivity index (χ3v) is 5.32. The molecule has 1 aliphatic carbocycles. The molecule has 2 aromatic rings. The fourth-order valence-electron chi connectivity index (χ4n) is 2.83. The highest BCUT2D eigenvalue weighted by Crippen LogP contribution is 2.42. The zero-order valence-electron chi connectivity index (χ0n) is 15.0. The minimum atomic E-state index is -0.940. The molecule has 1 aromatic heterocycles. The van der Waals surface area contributed by atoms with Crippen molar-refractivity contribution in [1.82, 2.24) is 15.1 Å². The van der Waals surface area contributed by atoms with E-state index in [4.69, 9.17) is 16.7 Å². The summed E-state index contributed by atoms with van der Waals surface area (Å²) in [7, 11) is 0. The Morgan fingerprint density at radius 2 is 2.04 bits per heavy atom. The van der Waals surface area contributed by atoms with Crippen molar-refractivity contribution in [3.63, 3.8) is 0 Å². The van der Waals surface area contributed by atoms with Crippen LogP contribution in [0.3, 0.4) is 0 Å². The molecule has 1 heterocycles. The second kappa shape index (κ2) is 7.11. The molecular formula is C19H22ClN3O3. The van der Waals surface area contributed by atoms with Crippen LogP contribution in [0.25, 0.3) is 5.69 Å². The molecule has 1 aromatic carbocycles. The summed E-state index contributed by atoms with van der Waals surface area (Å²) in [5, 5.41) is 17.0. The molecule has 1 fully saturated rings.